The number of rotatable bonds is 4. The summed E-state index contributed by atoms with van der Waals surface area (Å²) in [6, 6.07) is 6.63. The molecule has 0 saturated carbocycles. The monoisotopic (exact) mass is 338 g/mol. The van der Waals surface area contributed by atoms with Crippen molar-refractivity contribution in [3.63, 3.8) is 0 Å². The molecule has 0 amide bonds. The molecular formula is C12H7F5N2O2S. The van der Waals surface area contributed by atoms with E-state index in [4.69, 9.17) is 0 Å². The topological polar surface area (TPSA) is 58.2 Å². The maximum atomic E-state index is 13.4. The van der Waals surface area contributed by atoms with Crippen molar-refractivity contribution < 1.29 is 30.4 Å². The molecule has 0 spiro atoms. The van der Waals surface area contributed by atoms with Crippen LogP contribution in [-0.4, -0.2) is 8.42 Å². The van der Waals surface area contributed by atoms with Gasteiger partial charge in [-0.05, 0) is 12.1 Å². The van der Waals surface area contributed by atoms with Gasteiger partial charge in [-0.1, -0.05) is 18.2 Å². The van der Waals surface area contributed by atoms with Crippen LogP contribution in [0.5, 0.6) is 0 Å². The van der Waals surface area contributed by atoms with Crippen LogP contribution in [0, 0.1) is 29.1 Å². The highest BCUT2D eigenvalue weighted by Gasteiger charge is 2.26. The van der Waals surface area contributed by atoms with Crippen molar-refractivity contribution in [1.29, 1.82) is 0 Å². The summed E-state index contributed by atoms with van der Waals surface area (Å²) in [5.41, 5.74) is -0.00956. The van der Waals surface area contributed by atoms with Gasteiger partial charge in [-0.2, -0.15) is 0 Å². The maximum Gasteiger partial charge on any atom is 0.257 e. The van der Waals surface area contributed by atoms with Crippen molar-refractivity contribution in [2.75, 3.05) is 5.43 Å². The second-order valence-corrected chi connectivity index (χ2v) is 5.67. The zero-order valence-corrected chi connectivity index (χ0v) is 11.3. The largest absolute Gasteiger partial charge is 0.302 e. The minimum atomic E-state index is -4.26. The lowest BCUT2D eigenvalue weighted by Crippen LogP contribution is -2.31. The number of anilines is 1. The Morgan fingerprint density at radius 3 is 1.68 bits per heavy atom. The van der Waals surface area contributed by atoms with Gasteiger partial charge in [-0.3, -0.25) is 0 Å². The molecule has 22 heavy (non-hydrogen) atoms. The third-order valence-corrected chi connectivity index (χ3v) is 3.84. The standard InChI is InChI=1S/C12H7F5N2O2S/c13-7-8(14)10(16)12(11(17)9(7)15)18-19-22(20,21)6-4-2-1-3-5-6/h1-5,18-19H. The molecule has 0 aromatic heterocycles. The summed E-state index contributed by atoms with van der Waals surface area (Å²) in [7, 11) is -4.26. The lowest BCUT2D eigenvalue weighted by molar-refractivity contribution is 0.381. The first-order chi connectivity index (χ1) is 10.3. The van der Waals surface area contributed by atoms with Gasteiger partial charge in [-0.15, -0.1) is 4.83 Å². The van der Waals surface area contributed by atoms with Gasteiger partial charge in [0.15, 0.2) is 23.3 Å². The molecule has 2 aromatic carbocycles. The van der Waals surface area contributed by atoms with E-state index < -0.39 is 44.8 Å². The normalized spacial score (nSPS) is 11.5. The van der Waals surface area contributed by atoms with Crippen molar-refractivity contribution in [3.8, 4) is 0 Å². The Morgan fingerprint density at radius 1 is 0.727 bits per heavy atom. The van der Waals surface area contributed by atoms with E-state index in [1.165, 1.54) is 40.6 Å². The van der Waals surface area contributed by atoms with E-state index >= 15 is 0 Å². The maximum absolute atomic E-state index is 13.4. The van der Waals surface area contributed by atoms with E-state index in [0.717, 1.165) is 0 Å². The van der Waals surface area contributed by atoms with Gasteiger partial charge < -0.3 is 5.43 Å². The highest BCUT2D eigenvalue weighted by Crippen LogP contribution is 2.26. The van der Waals surface area contributed by atoms with E-state index in [1.807, 2.05) is 0 Å². The molecular weight excluding hydrogens is 331 g/mol. The zero-order chi connectivity index (χ0) is 16.5. The number of halogens is 5. The molecule has 0 aliphatic rings. The fourth-order valence-corrected chi connectivity index (χ4v) is 2.36. The van der Waals surface area contributed by atoms with Crippen LogP contribution in [0.1, 0.15) is 0 Å². The highest BCUT2D eigenvalue weighted by atomic mass is 32.2. The molecule has 2 aromatic rings. The van der Waals surface area contributed by atoms with Gasteiger partial charge in [0.05, 0.1) is 4.90 Å². The van der Waals surface area contributed by atoms with Crippen molar-refractivity contribution in [1.82, 2.24) is 4.83 Å². The fraction of sp³-hybridized carbons (Fsp3) is 0. The molecule has 0 fully saturated rings. The van der Waals surface area contributed by atoms with Crippen molar-refractivity contribution in [2.45, 2.75) is 4.90 Å². The Kier molecular flexibility index (Phi) is 4.33. The predicted molar refractivity (Wildman–Crippen MR) is 66.6 cm³/mol. The molecule has 2 rings (SSSR count). The average molecular weight is 338 g/mol. The summed E-state index contributed by atoms with van der Waals surface area (Å²) in [5, 5.41) is 0. The van der Waals surface area contributed by atoms with Gasteiger partial charge in [0.25, 0.3) is 10.0 Å². The number of sulfonamides is 1. The van der Waals surface area contributed by atoms with Crippen LogP contribution in [-0.2, 0) is 10.0 Å². The van der Waals surface area contributed by atoms with Crippen LogP contribution in [0.3, 0.4) is 0 Å². The Labute approximate surface area is 121 Å². The van der Waals surface area contributed by atoms with Crippen molar-refractivity contribution in [3.05, 3.63) is 59.4 Å². The summed E-state index contributed by atoms with van der Waals surface area (Å²) in [6.07, 6.45) is 0. The van der Waals surface area contributed by atoms with Crippen LogP contribution < -0.4 is 10.3 Å². The summed E-state index contributed by atoms with van der Waals surface area (Å²) in [6.45, 7) is 0. The molecule has 0 atom stereocenters. The minimum Gasteiger partial charge on any atom is -0.302 e. The lowest BCUT2D eigenvalue weighted by Gasteiger charge is -2.12. The van der Waals surface area contributed by atoms with Gasteiger partial charge in [0, 0.05) is 0 Å². The quantitative estimate of drug-likeness (QED) is 0.390. The van der Waals surface area contributed by atoms with Crippen molar-refractivity contribution in [2.24, 2.45) is 0 Å². The first-order valence-corrected chi connectivity index (χ1v) is 7.08. The highest BCUT2D eigenvalue weighted by molar-refractivity contribution is 7.89. The van der Waals surface area contributed by atoms with E-state index in [9.17, 15) is 30.4 Å². The average Bonchev–Trinajstić information content (AvgIpc) is 2.52. The Morgan fingerprint density at radius 2 is 1.18 bits per heavy atom. The number of benzene rings is 2. The van der Waals surface area contributed by atoms with Crippen LogP contribution in [0.25, 0.3) is 0 Å². The second kappa shape index (κ2) is 5.89. The smallest absolute Gasteiger partial charge is 0.257 e. The summed E-state index contributed by atoms with van der Waals surface area (Å²) in [4.78, 5) is 1.26. The Hall–Kier alpha value is -2.20. The van der Waals surface area contributed by atoms with Gasteiger partial charge in [-0.25, -0.2) is 30.4 Å². The Bertz CT molecular complexity index is 783. The third kappa shape index (κ3) is 2.88. The zero-order valence-electron chi connectivity index (χ0n) is 10.5. The molecule has 118 valence electrons. The molecule has 0 aliphatic carbocycles. The van der Waals surface area contributed by atoms with Gasteiger partial charge >= 0.3 is 0 Å². The van der Waals surface area contributed by atoms with Crippen LogP contribution >= 0.6 is 0 Å². The van der Waals surface area contributed by atoms with Gasteiger partial charge in [0.2, 0.25) is 5.82 Å². The van der Waals surface area contributed by atoms with E-state index in [2.05, 4.69) is 0 Å². The molecule has 0 heterocycles. The molecule has 0 bridgehead atoms. The number of hydrogen-bond acceptors (Lipinski definition) is 3. The van der Waals surface area contributed by atoms with E-state index in [1.54, 1.807) is 0 Å². The van der Waals surface area contributed by atoms with Gasteiger partial charge in [0.1, 0.15) is 5.69 Å². The molecule has 0 unspecified atom stereocenters. The Balaban J connectivity index is 2.34. The summed E-state index contributed by atoms with van der Waals surface area (Å²) < 4.78 is 89.1. The fourth-order valence-electron chi connectivity index (χ4n) is 1.49. The molecule has 10 heteroatoms. The molecule has 0 radical (unpaired) electrons. The van der Waals surface area contributed by atoms with Crippen LogP contribution in [0.15, 0.2) is 35.2 Å². The first kappa shape index (κ1) is 16.2. The van der Waals surface area contributed by atoms with Crippen LogP contribution in [0.2, 0.25) is 0 Å². The van der Waals surface area contributed by atoms with E-state index in [0.29, 0.717) is 0 Å². The minimum absolute atomic E-state index is 0.272. The number of hydrogen-bond donors (Lipinski definition) is 2. The molecule has 0 saturated heterocycles. The summed E-state index contributed by atoms with van der Waals surface area (Å²) >= 11 is 0. The third-order valence-electron chi connectivity index (χ3n) is 2.57. The lowest BCUT2D eigenvalue weighted by atomic mass is 10.2. The number of hydrazine groups is 1. The first-order valence-electron chi connectivity index (χ1n) is 5.60. The summed E-state index contributed by atoms with van der Waals surface area (Å²) in [5.74, 6) is -11.1. The van der Waals surface area contributed by atoms with E-state index in [-0.39, 0.29) is 4.90 Å². The molecule has 4 nitrogen and oxygen atoms in total. The predicted octanol–water partition coefficient (Wildman–Crippen LogP) is 2.69. The second-order valence-electron chi connectivity index (χ2n) is 3.99. The molecule has 0 aliphatic heterocycles. The number of nitrogens with one attached hydrogen (secondary N) is 2. The van der Waals surface area contributed by atoms with Crippen molar-refractivity contribution >= 4 is 15.7 Å². The molecule has 2 N–H and O–H groups in total. The SMILES string of the molecule is O=S(=O)(NNc1c(F)c(F)c(F)c(F)c1F)c1ccccc1. The van der Waals surface area contributed by atoms with Crippen LogP contribution in [0.4, 0.5) is 27.6 Å².